The summed E-state index contributed by atoms with van der Waals surface area (Å²) in [5.74, 6) is -0.264. The van der Waals surface area contributed by atoms with Crippen molar-refractivity contribution < 1.29 is 4.39 Å². The standard InChI is InChI=1S/C19H12FN/c20-19-12-6-5-11-18(19)17-10-4-3-9-16(17)15-8-2-1-7-14(15)13-21/h1-12H. The van der Waals surface area contributed by atoms with Crippen LogP contribution in [0.15, 0.2) is 72.8 Å². The lowest BCUT2D eigenvalue weighted by molar-refractivity contribution is 0.631. The molecule has 0 saturated carbocycles. The molecule has 0 aliphatic carbocycles. The van der Waals surface area contributed by atoms with Crippen LogP contribution in [0.3, 0.4) is 0 Å². The molecule has 0 fully saturated rings. The lowest BCUT2D eigenvalue weighted by Gasteiger charge is -2.12. The molecule has 0 aliphatic heterocycles. The smallest absolute Gasteiger partial charge is 0.131 e. The maximum atomic E-state index is 14.1. The molecule has 0 bridgehead atoms. The highest BCUT2D eigenvalue weighted by Gasteiger charge is 2.12. The van der Waals surface area contributed by atoms with Gasteiger partial charge in [-0.15, -0.1) is 0 Å². The molecule has 0 saturated heterocycles. The predicted molar refractivity (Wildman–Crippen MR) is 82.0 cm³/mol. The molecule has 0 N–H and O–H groups in total. The summed E-state index contributed by atoms with van der Waals surface area (Å²) in [6.07, 6.45) is 0. The van der Waals surface area contributed by atoms with Crippen molar-refractivity contribution >= 4 is 0 Å². The molecule has 3 aromatic carbocycles. The number of rotatable bonds is 2. The van der Waals surface area contributed by atoms with Gasteiger partial charge in [-0.3, -0.25) is 0 Å². The highest BCUT2D eigenvalue weighted by molar-refractivity contribution is 5.85. The van der Waals surface area contributed by atoms with Crippen LogP contribution in [0, 0.1) is 17.1 Å². The average Bonchev–Trinajstić information content (AvgIpc) is 2.55. The van der Waals surface area contributed by atoms with Gasteiger partial charge in [0.15, 0.2) is 0 Å². The van der Waals surface area contributed by atoms with Crippen molar-refractivity contribution in [2.75, 3.05) is 0 Å². The van der Waals surface area contributed by atoms with Crippen LogP contribution in [0.25, 0.3) is 22.3 Å². The topological polar surface area (TPSA) is 23.8 Å². The quantitative estimate of drug-likeness (QED) is 0.642. The minimum atomic E-state index is -0.264. The van der Waals surface area contributed by atoms with E-state index in [1.807, 2.05) is 48.5 Å². The number of nitrogens with zero attached hydrogens (tertiary/aromatic N) is 1. The molecule has 21 heavy (non-hydrogen) atoms. The molecular weight excluding hydrogens is 261 g/mol. The summed E-state index contributed by atoms with van der Waals surface area (Å²) in [7, 11) is 0. The summed E-state index contributed by atoms with van der Waals surface area (Å²) < 4.78 is 14.1. The van der Waals surface area contributed by atoms with E-state index in [2.05, 4.69) is 6.07 Å². The molecule has 2 heteroatoms. The molecular formula is C19H12FN. The Morgan fingerprint density at radius 1 is 0.619 bits per heavy atom. The van der Waals surface area contributed by atoms with Crippen LogP contribution in [-0.4, -0.2) is 0 Å². The Morgan fingerprint density at radius 2 is 1.10 bits per heavy atom. The van der Waals surface area contributed by atoms with Gasteiger partial charge in [0.1, 0.15) is 5.82 Å². The van der Waals surface area contributed by atoms with Crippen molar-refractivity contribution in [2.24, 2.45) is 0 Å². The number of nitriles is 1. The lowest BCUT2D eigenvalue weighted by atomic mass is 9.92. The van der Waals surface area contributed by atoms with E-state index in [9.17, 15) is 9.65 Å². The van der Waals surface area contributed by atoms with Gasteiger partial charge in [-0.05, 0) is 23.3 Å². The first-order valence-corrected chi connectivity index (χ1v) is 6.64. The molecule has 100 valence electrons. The summed E-state index contributed by atoms with van der Waals surface area (Å²) in [4.78, 5) is 0. The van der Waals surface area contributed by atoms with Crippen LogP contribution in [0.4, 0.5) is 4.39 Å². The highest BCUT2D eigenvalue weighted by atomic mass is 19.1. The van der Waals surface area contributed by atoms with E-state index in [1.165, 1.54) is 6.07 Å². The van der Waals surface area contributed by atoms with E-state index < -0.39 is 0 Å². The van der Waals surface area contributed by atoms with Gasteiger partial charge in [0.05, 0.1) is 11.6 Å². The molecule has 0 atom stereocenters. The number of hydrogen-bond acceptors (Lipinski definition) is 1. The molecule has 0 unspecified atom stereocenters. The molecule has 0 aliphatic rings. The molecule has 0 aromatic heterocycles. The van der Waals surface area contributed by atoms with E-state index in [-0.39, 0.29) is 5.82 Å². The third kappa shape index (κ3) is 2.42. The maximum absolute atomic E-state index is 14.1. The second kappa shape index (κ2) is 5.60. The molecule has 3 rings (SSSR count). The van der Waals surface area contributed by atoms with Crippen molar-refractivity contribution in [3.8, 4) is 28.3 Å². The molecule has 0 spiro atoms. The second-order valence-corrected chi connectivity index (χ2v) is 4.68. The molecule has 0 heterocycles. The van der Waals surface area contributed by atoms with E-state index in [4.69, 9.17) is 0 Å². The van der Waals surface area contributed by atoms with Crippen LogP contribution in [0.5, 0.6) is 0 Å². The largest absolute Gasteiger partial charge is 0.206 e. The van der Waals surface area contributed by atoms with Crippen LogP contribution in [0.2, 0.25) is 0 Å². The van der Waals surface area contributed by atoms with Gasteiger partial charge in [-0.1, -0.05) is 60.7 Å². The third-order valence-electron chi connectivity index (χ3n) is 3.43. The Kier molecular flexibility index (Phi) is 3.49. The zero-order chi connectivity index (χ0) is 14.7. The zero-order valence-electron chi connectivity index (χ0n) is 11.3. The van der Waals surface area contributed by atoms with Gasteiger partial charge in [0.2, 0.25) is 0 Å². The third-order valence-corrected chi connectivity index (χ3v) is 3.43. The number of hydrogen-bond donors (Lipinski definition) is 0. The Morgan fingerprint density at radius 3 is 1.71 bits per heavy atom. The predicted octanol–water partition coefficient (Wildman–Crippen LogP) is 5.03. The monoisotopic (exact) mass is 273 g/mol. The van der Waals surface area contributed by atoms with Gasteiger partial charge in [-0.25, -0.2) is 4.39 Å². The first kappa shape index (κ1) is 13.1. The Hall–Kier alpha value is -2.92. The van der Waals surface area contributed by atoms with E-state index >= 15 is 0 Å². The van der Waals surface area contributed by atoms with Crippen molar-refractivity contribution in [1.82, 2.24) is 0 Å². The number of benzene rings is 3. The summed E-state index contributed by atoms with van der Waals surface area (Å²) >= 11 is 0. The first-order valence-electron chi connectivity index (χ1n) is 6.64. The Labute approximate surface area is 122 Å². The van der Waals surface area contributed by atoms with Crippen molar-refractivity contribution in [3.63, 3.8) is 0 Å². The summed E-state index contributed by atoms with van der Waals surface area (Å²) in [5.41, 5.74) is 3.60. The number of halogens is 1. The fourth-order valence-corrected chi connectivity index (χ4v) is 2.45. The lowest BCUT2D eigenvalue weighted by Crippen LogP contribution is -1.90. The van der Waals surface area contributed by atoms with Crippen LogP contribution < -0.4 is 0 Å². The van der Waals surface area contributed by atoms with Crippen LogP contribution in [0.1, 0.15) is 5.56 Å². The Bertz CT molecular complexity index is 831. The summed E-state index contributed by atoms with van der Waals surface area (Å²) in [5, 5.41) is 9.27. The minimum Gasteiger partial charge on any atom is -0.206 e. The summed E-state index contributed by atoms with van der Waals surface area (Å²) in [6, 6.07) is 23.8. The minimum absolute atomic E-state index is 0.264. The zero-order valence-corrected chi connectivity index (χ0v) is 11.3. The average molecular weight is 273 g/mol. The van der Waals surface area contributed by atoms with Crippen molar-refractivity contribution in [3.05, 3.63) is 84.2 Å². The van der Waals surface area contributed by atoms with Gasteiger partial charge < -0.3 is 0 Å². The maximum Gasteiger partial charge on any atom is 0.131 e. The SMILES string of the molecule is N#Cc1ccccc1-c1ccccc1-c1ccccc1F. The molecule has 0 amide bonds. The van der Waals surface area contributed by atoms with Gasteiger partial charge in [-0.2, -0.15) is 5.26 Å². The Balaban J connectivity index is 2.27. The van der Waals surface area contributed by atoms with Crippen molar-refractivity contribution in [2.45, 2.75) is 0 Å². The van der Waals surface area contributed by atoms with E-state index in [1.54, 1.807) is 18.2 Å². The molecule has 1 nitrogen and oxygen atoms in total. The fourth-order valence-electron chi connectivity index (χ4n) is 2.45. The van der Waals surface area contributed by atoms with Gasteiger partial charge in [0, 0.05) is 11.1 Å². The van der Waals surface area contributed by atoms with Crippen LogP contribution >= 0.6 is 0 Å². The molecule has 3 aromatic rings. The summed E-state index contributed by atoms with van der Waals surface area (Å²) in [6.45, 7) is 0. The highest BCUT2D eigenvalue weighted by Crippen LogP contribution is 2.34. The van der Waals surface area contributed by atoms with Gasteiger partial charge >= 0.3 is 0 Å². The van der Waals surface area contributed by atoms with Crippen LogP contribution in [-0.2, 0) is 0 Å². The second-order valence-electron chi connectivity index (χ2n) is 4.68. The van der Waals surface area contributed by atoms with Gasteiger partial charge in [0.25, 0.3) is 0 Å². The first-order chi connectivity index (χ1) is 10.3. The normalized spacial score (nSPS) is 10.1. The molecule has 0 radical (unpaired) electrons. The van der Waals surface area contributed by atoms with E-state index in [0.717, 1.165) is 16.7 Å². The van der Waals surface area contributed by atoms with Crippen molar-refractivity contribution in [1.29, 1.82) is 5.26 Å². The van der Waals surface area contributed by atoms with E-state index in [0.29, 0.717) is 11.1 Å². The fraction of sp³-hybridized carbons (Fsp3) is 0.